The van der Waals surface area contributed by atoms with Crippen molar-refractivity contribution in [1.29, 1.82) is 0 Å². The van der Waals surface area contributed by atoms with Crippen molar-refractivity contribution >= 4 is 23.3 Å². The SMILES string of the molecule is COc1cnc(-c2cc3[nH]c(CN)cc3cc2F)cn1.Cl. The Hall–Kier alpha value is -2.18. The van der Waals surface area contributed by atoms with Gasteiger partial charge in [-0.2, -0.15) is 0 Å². The normalized spacial score (nSPS) is 10.4. The Morgan fingerprint density at radius 1 is 1.24 bits per heavy atom. The molecule has 7 heteroatoms. The molecule has 110 valence electrons. The van der Waals surface area contributed by atoms with E-state index in [4.69, 9.17) is 10.5 Å². The number of rotatable bonds is 3. The highest BCUT2D eigenvalue weighted by atomic mass is 35.5. The summed E-state index contributed by atoms with van der Waals surface area (Å²) in [6.07, 6.45) is 2.94. The lowest BCUT2D eigenvalue weighted by Gasteiger charge is -2.04. The second-order valence-corrected chi connectivity index (χ2v) is 4.36. The van der Waals surface area contributed by atoms with Gasteiger partial charge in [-0.05, 0) is 18.2 Å². The molecule has 3 rings (SSSR count). The van der Waals surface area contributed by atoms with Gasteiger partial charge in [-0.1, -0.05) is 0 Å². The largest absolute Gasteiger partial charge is 0.480 e. The van der Waals surface area contributed by atoms with Crippen LogP contribution in [0.15, 0.2) is 30.6 Å². The number of fused-ring (bicyclic) bond motifs is 1. The van der Waals surface area contributed by atoms with Crippen LogP contribution in [0, 0.1) is 5.82 Å². The third-order valence-electron chi connectivity index (χ3n) is 3.10. The molecule has 0 saturated carbocycles. The average molecular weight is 309 g/mol. The number of nitrogens with zero attached hydrogens (tertiary/aromatic N) is 2. The number of halogens is 2. The van der Waals surface area contributed by atoms with Crippen molar-refractivity contribution in [2.75, 3.05) is 7.11 Å². The van der Waals surface area contributed by atoms with Crippen LogP contribution in [0.5, 0.6) is 5.88 Å². The van der Waals surface area contributed by atoms with Crippen LogP contribution in [-0.2, 0) is 6.54 Å². The Balaban J connectivity index is 0.00000161. The number of benzene rings is 1. The van der Waals surface area contributed by atoms with Gasteiger partial charge in [0.05, 0.1) is 25.2 Å². The fourth-order valence-corrected chi connectivity index (χ4v) is 2.08. The zero-order chi connectivity index (χ0) is 14.1. The second kappa shape index (κ2) is 6.07. The summed E-state index contributed by atoms with van der Waals surface area (Å²) in [6, 6.07) is 5.01. The van der Waals surface area contributed by atoms with Crippen LogP contribution in [0.1, 0.15) is 5.69 Å². The van der Waals surface area contributed by atoms with Crippen molar-refractivity contribution < 1.29 is 9.13 Å². The van der Waals surface area contributed by atoms with E-state index in [2.05, 4.69) is 15.0 Å². The third-order valence-corrected chi connectivity index (χ3v) is 3.10. The smallest absolute Gasteiger partial charge is 0.232 e. The fourth-order valence-electron chi connectivity index (χ4n) is 2.08. The molecule has 0 fully saturated rings. The van der Waals surface area contributed by atoms with Gasteiger partial charge >= 0.3 is 0 Å². The van der Waals surface area contributed by atoms with Crippen LogP contribution < -0.4 is 10.5 Å². The monoisotopic (exact) mass is 308 g/mol. The van der Waals surface area contributed by atoms with Gasteiger partial charge in [0.15, 0.2) is 0 Å². The minimum absolute atomic E-state index is 0. The lowest BCUT2D eigenvalue weighted by atomic mass is 10.1. The van der Waals surface area contributed by atoms with Gasteiger partial charge in [-0.25, -0.2) is 14.4 Å². The van der Waals surface area contributed by atoms with Crippen molar-refractivity contribution in [2.24, 2.45) is 5.73 Å². The molecule has 5 nitrogen and oxygen atoms in total. The second-order valence-electron chi connectivity index (χ2n) is 4.36. The van der Waals surface area contributed by atoms with Crippen molar-refractivity contribution in [1.82, 2.24) is 15.0 Å². The molecule has 21 heavy (non-hydrogen) atoms. The Labute approximate surface area is 126 Å². The Morgan fingerprint density at radius 2 is 2.05 bits per heavy atom. The highest BCUT2D eigenvalue weighted by molar-refractivity contribution is 5.85. The van der Waals surface area contributed by atoms with Gasteiger partial charge in [-0.3, -0.25) is 0 Å². The van der Waals surface area contributed by atoms with Gasteiger partial charge in [0.1, 0.15) is 5.82 Å². The summed E-state index contributed by atoms with van der Waals surface area (Å²) in [7, 11) is 1.50. The quantitative estimate of drug-likeness (QED) is 0.780. The van der Waals surface area contributed by atoms with Crippen LogP contribution in [0.4, 0.5) is 4.39 Å². The molecule has 0 aliphatic carbocycles. The van der Waals surface area contributed by atoms with Crippen LogP contribution in [0.2, 0.25) is 0 Å². The molecular weight excluding hydrogens is 295 g/mol. The van der Waals surface area contributed by atoms with E-state index in [1.165, 1.54) is 25.6 Å². The number of nitrogens with one attached hydrogen (secondary N) is 1. The molecule has 0 atom stereocenters. The fraction of sp³-hybridized carbons (Fsp3) is 0.143. The maximum absolute atomic E-state index is 14.2. The van der Waals surface area contributed by atoms with Crippen molar-refractivity contribution in [3.05, 3.63) is 42.1 Å². The number of hydrogen-bond acceptors (Lipinski definition) is 4. The maximum atomic E-state index is 14.2. The van der Waals surface area contributed by atoms with E-state index in [9.17, 15) is 4.39 Å². The van der Waals surface area contributed by atoms with Crippen LogP contribution in [0.25, 0.3) is 22.2 Å². The van der Waals surface area contributed by atoms with Gasteiger partial charge in [0.25, 0.3) is 0 Å². The van der Waals surface area contributed by atoms with E-state index in [1.807, 2.05) is 6.07 Å². The molecule has 0 aliphatic heterocycles. The first-order chi connectivity index (χ1) is 9.71. The summed E-state index contributed by atoms with van der Waals surface area (Å²) in [5, 5.41) is 0.785. The summed E-state index contributed by atoms with van der Waals surface area (Å²) in [5.74, 6) is 0.0417. The zero-order valence-electron chi connectivity index (χ0n) is 11.3. The van der Waals surface area contributed by atoms with Gasteiger partial charge in [0.2, 0.25) is 5.88 Å². The molecule has 0 amide bonds. The maximum Gasteiger partial charge on any atom is 0.232 e. The number of nitrogens with two attached hydrogens (primary N) is 1. The van der Waals surface area contributed by atoms with Crippen LogP contribution in [0.3, 0.4) is 0 Å². The van der Waals surface area contributed by atoms with E-state index in [1.54, 1.807) is 6.07 Å². The van der Waals surface area contributed by atoms with Crippen molar-refractivity contribution in [3.8, 4) is 17.1 Å². The molecule has 1 aromatic carbocycles. The van der Waals surface area contributed by atoms with Gasteiger partial charge < -0.3 is 15.5 Å². The first-order valence-electron chi connectivity index (χ1n) is 6.09. The summed E-state index contributed by atoms with van der Waals surface area (Å²) in [4.78, 5) is 11.3. The number of H-pyrrole nitrogens is 1. The molecule has 0 spiro atoms. The highest BCUT2D eigenvalue weighted by Gasteiger charge is 2.11. The standard InChI is InChI=1S/C14H13FN4O.ClH/c1-20-14-7-17-13(6-18-14)10-4-12-8(3-11(10)15)2-9(5-16)19-12;/h2-4,6-7,19H,5,16H2,1H3;1H. The van der Waals surface area contributed by atoms with E-state index in [-0.39, 0.29) is 18.2 Å². The summed E-state index contributed by atoms with van der Waals surface area (Å²) in [6.45, 7) is 0.383. The van der Waals surface area contributed by atoms with Crippen LogP contribution >= 0.6 is 12.4 Å². The summed E-state index contributed by atoms with van der Waals surface area (Å²) in [5.41, 5.74) is 8.09. The van der Waals surface area contributed by atoms with Crippen molar-refractivity contribution in [2.45, 2.75) is 6.54 Å². The van der Waals surface area contributed by atoms with E-state index >= 15 is 0 Å². The van der Waals surface area contributed by atoms with E-state index < -0.39 is 0 Å². The molecule has 0 radical (unpaired) electrons. The number of aromatic nitrogens is 3. The van der Waals surface area contributed by atoms with Gasteiger partial charge in [-0.15, -0.1) is 12.4 Å². The molecule has 3 aromatic rings. The summed E-state index contributed by atoms with van der Waals surface area (Å²) >= 11 is 0. The van der Waals surface area contributed by atoms with Crippen molar-refractivity contribution in [3.63, 3.8) is 0 Å². The molecule has 0 unspecified atom stereocenters. The lowest BCUT2D eigenvalue weighted by molar-refractivity contribution is 0.396. The van der Waals surface area contributed by atoms with Crippen LogP contribution in [-0.4, -0.2) is 22.1 Å². The molecule has 0 aliphatic rings. The summed E-state index contributed by atoms with van der Waals surface area (Å²) < 4.78 is 19.1. The minimum atomic E-state index is -0.348. The number of ether oxygens (including phenoxy) is 1. The average Bonchev–Trinajstić information content (AvgIpc) is 2.88. The molecule has 0 saturated heterocycles. The minimum Gasteiger partial charge on any atom is -0.480 e. The molecule has 2 heterocycles. The number of hydrogen-bond donors (Lipinski definition) is 2. The van der Waals surface area contributed by atoms with Gasteiger partial charge in [0, 0.05) is 28.7 Å². The number of methoxy groups -OCH3 is 1. The first kappa shape index (κ1) is 15.2. The number of aromatic amines is 1. The Bertz CT molecular complexity index is 758. The molecular formula is C14H14ClFN4O. The highest BCUT2D eigenvalue weighted by Crippen LogP contribution is 2.27. The predicted molar refractivity (Wildman–Crippen MR) is 81.0 cm³/mol. The third kappa shape index (κ3) is 2.81. The zero-order valence-corrected chi connectivity index (χ0v) is 12.1. The predicted octanol–water partition coefficient (Wildman–Crippen LogP) is 2.65. The molecule has 3 N–H and O–H groups in total. The Morgan fingerprint density at radius 3 is 2.67 bits per heavy atom. The topological polar surface area (TPSA) is 76.8 Å². The Kier molecular flexibility index (Phi) is 4.40. The van der Waals surface area contributed by atoms with E-state index in [0.717, 1.165) is 16.6 Å². The molecule has 0 bridgehead atoms. The first-order valence-corrected chi connectivity index (χ1v) is 6.09. The van der Waals surface area contributed by atoms with E-state index in [0.29, 0.717) is 23.7 Å². The lowest BCUT2D eigenvalue weighted by Crippen LogP contribution is -1.95. The molecule has 2 aromatic heterocycles.